The summed E-state index contributed by atoms with van der Waals surface area (Å²) in [6.07, 6.45) is 0.998. The van der Waals surface area contributed by atoms with E-state index in [2.05, 4.69) is 10.0 Å². The minimum atomic E-state index is -3.88. The molecule has 0 fully saturated rings. The fourth-order valence-corrected chi connectivity index (χ4v) is 5.67. The molecule has 34 heavy (non-hydrogen) atoms. The summed E-state index contributed by atoms with van der Waals surface area (Å²) >= 11 is 11.8. The summed E-state index contributed by atoms with van der Waals surface area (Å²) in [4.78, 5) is 12.8. The molecule has 0 radical (unpaired) electrons. The van der Waals surface area contributed by atoms with Gasteiger partial charge in [0.1, 0.15) is 6.04 Å². The third-order valence-electron chi connectivity index (χ3n) is 4.68. The number of benzene rings is 3. The lowest BCUT2D eigenvalue weighted by Crippen LogP contribution is -2.45. The molecule has 3 aromatic rings. The molecule has 180 valence electrons. The number of sulfonamides is 2. The molecule has 0 unspecified atom stereocenters. The van der Waals surface area contributed by atoms with Crippen LogP contribution in [0.25, 0.3) is 0 Å². The second-order valence-electron chi connectivity index (χ2n) is 7.34. The van der Waals surface area contributed by atoms with E-state index in [0.29, 0.717) is 21.4 Å². The Kier molecular flexibility index (Phi) is 7.77. The Balaban J connectivity index is 1.76. The van der Waals surface area contributed by atoms with Crippen molar-refractivity contribution < 1.29 is 21.6 Å². The molecule has 0 bridgehead atoms. The fraction of sp³-hybridized carbons (Fsp3) is 0.136. The topological polar surface area (TPSA) is 113 Å². The zero-order chi connectivity index (χ0) is 25.1. The van der Waals surface area contributed by atoms with Crippen LogP contribution in [0.15, 0.2) is 77.7 Å². The summed E-state index contributed by atoms with van der Waals surface area (Å²) in [5.74, 6) is -0.604. The van der Waals surface area contributed by atoms with Crippen LogP contribution in [-0.2, 0) is 24.8 Å². The van der Waals surface area contributed by atoms with E-state index in [1.807, 2.05) is 0 Å². The number of hydrogen-bond donors (Lipinski definition) is 2. The van der Waals surface area contributed by atoms with Crippen molar-refractivity contribution in [3.63, 3.8) is 0 Å². The van der Waals surface area contributed by atoms with Crippen LogP contribution in [0, 0.1) is 0 Å². The molecule has 1 amide bonds. The predicted octanol–water partition coefficient (Wildman–Crippen LogP) is 4.59. The van der Waals surface area contributed by atoms with E-state index in [-0.39, 0.29) is 10.6 Å². The van der Waals surface area contributed by atoms with E-state index in [1.54, 1.807) is 18.2 Å². The van der Waals surface area contributed by atoms with Gasteiger partial charge in [0.25, 0.3) is 10.0 Å². The van der Waals surface area contributed by atoms with Crippen molar-refractivity contribution >= 4 is 66.2 Å². The van der Waals surface area contributed by atoms with Crippen molar-refractivity contribution in [2.45, 2.75) is 17.9 Å². The number of hydrogen-bond acceptors (Lipinski definition) is 5. The summed E-state index contributed by atoms with van der Waals surface area (Å²) in [5.41, 5.74) is 0.882. The zero-order valence-corrected chi connectivity index (χ0v) is 21.2. The number of nitrogens with one attached hydrogen (secondary N) is 2. The van der Waals surface area contributed by atoms with Crippen LogP contribution in [0.4, 0.5) is 17.1 Å². The van der Waals surface area contributed by atoms with Gasteiger partial charge in [0.15, 0.2) is 0 Å². The molecular weight excluding hydrogens is 521 g/mol. The number of nitrogens with zero attached hydrogens (tertiary/aromatic N) is 1. The van der Waals surface area contributed by atoms with Crippen LogP contribution in [0.3, 0.4) is 0 Å². The van der Waals surface area contributed by atoms with E-state index in [1.165, 1.54) is 61.5 Å². The van der Waals surface area contributed by atoms with E-state index in [4.69, 9.17) is 23.2 Å². The summed E-state index contributed by atoms with van der Waals surface area (Å²) in [6, 6.07) is 16.7. The lowest BCUT2D eigenvalue weighted by atomic mass is 10.2. The summed E-state index contributed by atoms with van der Waals surface area (Å²) in [7, 11) is -7.68. The van der Waals surface area contributed by atoms with Gasteiger partial charge in [-0.3, -0.25) is 13.8 Å². The molecule has 3 rings (SSSR count). The van der Waals surface area contributed by atoms with Crippen molar-refractivity contribution in [3.05, 3.63) is 82.8 Å². The van der Waals surface area contributed by atoms with Gasteiger partial charge in [0, 0.05) is 15.7 Å². The van der Waals surface area contributed by atoms with Gasteiger partial charge in [0.2, 0.25) is 15.9 Å². The Labute approximate surface area is 208 Å². The van der Waals surface area contributed by atoms with Gasteiger partial charge in [-0.05, 0) is 73.7 Å². The molecule has 3 aromatic carbocycles. The molecular formula is C22H21Cl2N3O5S2. The van der Waals surface area contributed by atoms with Gasteiger partial charge in [-0.15, -0.1) is 0 Å². The lowest BCUT2D eigenvalue weighted by Gasteiger charge is -2.28. The third-order valence-corrected chi connectivity index (χ3v) is 7.80. The van der Waals surface area contributed by atoms with Gasteiger partial charge in [0.05, 0.1) is 22.5 Å². The molecule has 2 N–H and O–H groups in total. The Bertz CT molecular complexity index is 1400. The highest BCUT2D eigenvalue weighted by atomic mass is 35.5. The number of anilines is 3. The molecule has 0 heterocycles. The third kappa shape index (κ3) is 6.41. The maximum atomic E-state index is 12.8. The van der Waals surface area contributed by atoms with Crippen LogP contribution >= 0.6 is 23.2 Å². The smallest absolute Gasteiger partial charge is 0.261 e. The van der Waals surface area contributed by atoms with Crippen molar-refractivity contribution in [3.8, 4) is 0 Å². The Morgan fingerprint density at radius 3 is 2.03 bits per heavy atom. The minimum Gasteiger partial charge on any atom is -0.324 e. The molecule has 0 saturated heterocycles. The molecule has 8 nitrogen and oxygen atoms in total. The van der Waals surface area contributed by atoms with Gasteiger partial charge in [-0.25, -0.2) is 16.8 Å². The van der Waals surface area contributed by atoms with Crippen molar-refractivity contribution in [1.82, 2.24) is 0 Å². The maximum Gasteiger partial charge on any atom is 0.261 e. The molecule has 1 atom stereocenters. The second-order valence-corrected chi connectivity index (χ2v) is 11.8. The quantitative estimate of drug-likeness (QED) is 0.433. The van der Waals surface area contributed by atoms with Gasteiger partial charge >= 0.3 is 0 Å². The second kappa shape index (κ2) is 10.2. The molecule has 12 heteroatoms. The highest BCUT2D eigenvalue weighted by molar-refractivity contribution is 7.92. The number of carbonyl (C=O) groups excluding carboxylic acids is 1. The van der Waals surface area contributed by atoms with E-state index >= 15 is 0 Å². The minimum absolute atomic E-state index is 0.0301. The van der Waals surface area contributed by atoms with Crippen LogP contribution in [0.2, 0.25) is 10.0 Å². The average Bonchev–Trinajstić information content (AvgIpc) is 2.74. The van der Waals surface area contributed by atoms with Crippen molar-refractivity contribution in [1.29, 1.82) is 0 Å². The van der Waals surface area contributed by atoms with E-state index in [9.17, 15) is 21.6 Å². The SMILES string of the molecule is C[C@H](C(=O)Nc1ccc(S(=O)(=O)Nc2cccc(Cl)c2)cc1)N(c1ccc(Cl)cc1)S(C)(=O)=O. The highest BCUT2D eigenvalue weighted by Gasteiger charge is 2.29. The normalized spacial score (nSPS) is 12.6. The number of amides is 1. The van der Waals surface area contributed by atoms with Gasteiger partial charge in [-0.1, -0.05) is 29.3 Å². The Morgan fingerprint density at radius 1 is 0.853 bits per heavy atom. The van der Waals surface area contributed by atoms with Crippen LogP contribution in [0.5, 0.6) is 0 Å². The molecule has 0 saturated carbocycles. The number of carbonyl (C=O) groups is 1. The van der Waals surface area contributed by atoms with E-state index in [0.717, 1.165) is 10.6 Å². The van der Waals surface area contributed by atoms with E-state index < -0.39 is 32.0 Å². The van der Waals surface area contributed by atoms with Crippen molar-refractivity contribution in [2.75, 3.05) is 20.6 Å². The Hall–Kier alpha value is -2.79. The predicted molar refractivity (Wildman–Crippen MR) is 136 cm³/mol. The average molecular weight is 542 g/mol. The van der Waals surface area contributed by atoms with Gasteiger partial charge in [-0.2, -0.15) is 0 Å². The summed E-state index contributed by atoms with van der Waals surface area (Å²) in [6.45, 7) is 1.44. The lowest BCUT2D eigenvalue weighted by molar-refractivity contribution is -0.116. The monoisotopic (exact) mass is 541 g/mol. The Morgan fingerprint density at radius 2 is 1.47 bits per heavy atom. The number of rotatable bonds is 8. The van der Waals surface area contributed by atoms with Crippen LogP contribution in [-0.4, -0.2) is 35.0 Å². The highest BCUT2D eigenvalue weighted by Crippen LogP contribution is 2.24. The molecule has 0 aromatic heterocycles. The first-order valence-electron chi connectivity index (χ1n) is 9.81. The first-order valence-corrected chi connectivity index (χ1v) is 13.9. The van der Waals surface area contributed by atoms with Gasteiger partial charge < -0.3 is 5.32 Å². The summed E-state index contributed by atoms with van der Waals surface area (Å²) < 4.78 is 53.4. The molecule has 0 aliphatic rings. The van der Waals surface area contributed by atoms with Crippen LogP contribution < -0.4 is 14.3 Å². The molecule has 0 spiro atoms. The summed E-state index contributed by atoms with van der Waals surface area (Å²) in [5, 5.41) is 3.42. The number of halogens is 2. The first-order chi connectivity index (χ1) is 15.9. The standard InChI is InChI=1S/C22H21Cl2N3O5S2/c1-15(27(33(2,29)30)20-10-6-16(23)7-11-20)22(28)25-18-8-12-21(13-9-18)34(31,32)26-19-5-3-4-17(24)14-19/h3-15,26H,1-2H3,(H,25,28)/t15-/m1/s1. The fourth-order valence-electron chi connectivity index (χ4n) is 3.13. The maximum absolute atomic E-state index is 12.8. The largest absolute Gasteiger partial charge is 0.324 e. The zero-order valence-electron chi connectivity index (χ0n) is 18.1. The van der Waals surface area contributed by atoms with Crippen LogP contribution in [0.1, 0.15) is 6.92 Å². The molecule has 0 aliphatic carbocycles. The van der Waals surface area contributed by atoms with Crippen molar-refractivity contribution in [2.24, 2.45) is 0 Å². The first kappa shape index (κ1) is 25.8. The molecule has 0 aliphatic heterocycles.